The first kappa shape index (κ1) is 20.4. The van der Waals surface area contributed by atoms with Gasteiger partial charge in [-0.15, -0.1) is 4.80 Å². The summed E-state index contributed by atoms with van der Waals surface area (Å²) in [6, 6.07) is 5.66. The number of rotatable bonds is 4. The van der Waals surface area contributed by atoms with Crippen LogP contribution < -0.4 is 5.32 Å². The highest BCUT2D eigenvalue weighted by Gasteiger charge is 2.47. The number of carbonyl (C=O) groups is 1. The molecule has 1 saturated carbocycles. The zero-order valence-corrected chi connectivity index (χ0v) is 17.1. The van der Waals surface area contributed by atoms with E-state index in [9.17, 15) is 18.0 Å². The molecule has 8 nitrogen and oxygen atoms in total. The molecule has 3 unspecified atom stereocenters. The lowest BCUT2D eigenvalue weighted by atomic mass is 10.0. The van der Waals surface area contributed by atoms with Crippen molar-refractivity contribution >= 4 is 11.7 Å². The van der Waals surface area contributed by atoms with Crippen LogP contribution in [0.2, 0.25) is 0 Å². The molecular formula is C21H20F3N7O. The third kappa shape index (κ3) is 3.67. The molecule has 0 radical (unpaired) electrons. The lowest BCUT2D eigenvalue weighted by Gasteiger charge is -2.34. The van der Waals surface area contributed by atoms with E-state index in [1.54, 1.807) is 12.1 Å². The topological polar surface area (TPSA) is 88.8 Å². The third-order valence-corrected chi connectivity index (χ3v) is 6.02. The number of nitrogens with one attached hydrogen (secondary N) is 1. The molecule has 5 rings (SSSR count). The number of hydrogen-bond acceptors (Lipinski definition) is 6. The molecule has 11 heteroatoms. The van der Waals surface area contributed by atoms with Gasteiger partial charge in [0, 0.05) is 24.5 Å². The van der Waals surface area contributed by atoms with Crippen LogP contribution in [-0.2, 0) is 6.18 Å². The molecule has 1 amide bonds. The molecule has 3 atom stereocenters. The Bertz CT molecular complexity index is 1130. The molecule has 0 spiro atoms. The smallest absolute Gasteiger partial charge is 0.365 e. The molecule has 0 aromatic carbocycles. The Morgan fingerprint density at radius 1 is 1.12 bits per heavy atom. The number of piperidine rings is 1. The minimum Gasteiger partial charge on any atom is -0.365 e. The summed E-state index contributed by atoms with van der Waals surface area (Å²) in [5.41, 5.74) is 0.356. The molecule has 2 bridgehead atoms. The van der Waals surface area contributed by atoms with Gasteiger partial charge in [-0.3, -0.25) is 4.79 Å². The maximum atomic E-state index is 13.5. The zero-order chi connectivity index (χ0) is 22.5. The number of carbonyl (C=O) groups excluding carboxylic acids is 1. The van der Waals surface area contributed by atoms with Crippen LogP contribution in [0.4, 0.5) is 19.0 Å². The van der Waals surface area contributed by atoms with E-state index in [-0.39, 0.29) is 18.0 Å². The fraction of sp³-hybridized carbons (Fsp3) is 0.381. The van der Waals surface area contributed by atoms with E-state index in [1.165, 1.54) is 23.3 Å². The molecule has 1 saturated heterocycles. The minimum atomic E-state index is -4.43. The van der Waals surface area contributed by atoms with E-state index in [1.807, 2.05) is 11.8 Å². The fourth-order valence-corrected chi connectivity index (χ4v) is 4.59. The molecular weight excluding hydrogens is 423 g/mol. The van der Waals surface area contributed by atoms with Gasteiger partial charge in [-0.2, -0.15) is 23.4 Å². The van der Waals surface area contributed by atoms with Crippen LogP contribution in [0, 0.1) is 12.8 Å². The lowest BCUT2D eigenvalue weighted by Crippen LogP contribution is -2.48. The van der Waals surface area contributed by atoms with Crippen LogP contribution in [0.1, 0.15) is 34.5 Å². The summed E-state index contributed by atoms with van der Waals surface area (Å²) in [5, 5.41) is 11.4. The van der Waals surface area contributed by atoms with E-state index < -0.39 is 11.7 Å². The first-order chi connectivity index (χ1) is 15.3. The highest BCUT2D eigenvalue weighted by atomic mass is 19.4. The average Bonchev–Trinajstić information content (AvgIpc) is 3.50. The molecule has 32 heavy (non-hydrogen) atoms. The highest BCUT2D eigenvalue weighted by molar-refractivity contribution is 5.97. The van der Waals surface area contributed by atoms with Crippen molar-refractivity contribution < 1.29 is 18.0 Å². The average molecular weight is 443 g/mol. The van der Waals surface area contributed by atoms with Crippen molar-refractivity contribution in [2.75, 3.05) is 11.9 Å². The van der Waals surface area contributed by atoms with Gasteiger partial charge in [-0.05, 0) is 49.9 Å². The third-order valence-electron chi connectivity index (χ3n) is 6.02. The lowest BCUT2D eigenvalue weighted by molar-refractivity contribution is -0.137. The maximum absolute atomic E-state index is 13.5. The van der Waals surface area contributed by atoms with Gasteiger partial charge in [0.1, 0.15) is 5.82 Å². The number of anilines is 1. The molecule has 2 aliphatic rings. The second-order valence-corrected chi connectivity index (χ2v) is 8.19. The predicted octanol–water partition coefficient (Wildman–Crippen LogP) is 3.10. The van der Waals surface area contributed by atoms with Crippen LogP contribution in [0.15, 0.2) is 42.9 Å². The molecule has 3 aromatic heterocycles. The van der Waals surface area contributed by atoms with Crippen molar-refractivity contribution in [3.05, 3.63) is 59.7 Å². The molecule has 1 N–H and O–H groups in total. The van der Waals surface area contributed by atoms with Crippen LogP contribution in [0.5, 0.6) is 0 Å². The number of likely N-dealkylation sites (tertiary alicyclic amines) is 1. The fourth-order valence-electron chi connectivity index (χ4n) is 4.59. The van der Waals surface area contributed by atoms with E-state index in [0.717, 1.165) is 30.8 Å². The number of aromatic nitrogens is 5. The van der Waals surface area contributed by atoms with Crippen LogP contribution in [-0.4, -0.2) is 54.4 Å². The quantitative estimate of drug-likeness (QED) is 0.667. The monoisotopic (exact) mass is 443 g/mol. The number of hydrogen-bond donors (Lipinski definition) is 1. The van der Waals surface area contributed by atoms with Gasteiger partial charge in [-0.25, -0.2) is 9.97 Å². The molecule has 2 fully saturated rings. The highest BCUT2D eigenvalue weighted by Crippen LogP contribution is 2.40. The number of pyridine rings is 2. The Hall–Kier alpha value is -3.50. The Balaban J connectivity index is 1.36. The van der Waals surface area contributed by atoms with Gasteiger partial charge in [-0.1, -0.05) is 0 Å². The summed E-state index contributed by atoms with van der Waals surface area (Å²) in [5.74, 6) is 0.892. The Labute approximate surface area is 181 Å². The van der Waals surface area contributed by atoms with Gasteiger partial charge in [0.15, 0.2) is 5.82 Å². The number of nitrogens with zero attached hydrogens (tertiary/aromatic N) is 6. The van der Waals surface area contributed by atoms with Crippen molar-refractivity contribution in [3.8, 4) is 5.82 Å². The van der Waals surface area contributed by atoms with Crippen LogP contribution >= 0.6 is 0 Å². The standard InChI is InChI=1S/C21H20F3N7O/c1-12-2-4-15(19(28-12)31-26-6-7-27-31)20(32)30-11-13-8-16(17(30)9-13)29-18-5-3-14(10-25-18)21(22,23)24/h2-7,10,13,16-17H,8-9,11H2,1H3,(H,25,29). The van der Waals surface area contributed by atoms with Crippen molar-refractivity contribution in [2.45, 2.75) is 38.0 Å². The van der Waals surface area contributed by atoms with Crippen molar-refractivity contribution in [1.29, 1.82) is 0 Å². The van der Waals surface area contributed by atoms with Crippen LogP contribution in [0.3, 0.4) is 0 Å². The van der Waals surface area contributed by atoms with Gasteiger partial charge >= 0.3 is 6.18 Å². The Morgan fingerprint density at radius 3 is 2.56 bits per heavy atom. The van der Waals surface area contributed by atoms with Gasteiger partial charge in [0.2, 0.25) is 0 Å². The number of fused-ring (bicyclic) bond motifs is 2. The number of alkyl halides is 3. The summed E-state index contributed by atoms with van der Waals surface area (Å²) < 4.78 is 38.4. The van der Waals surface area contributed by atoms with Gasteiger partial charge in [0.05, 0.1) is 29.6 Å². The van der Waals surface area contributed by atoms with Gasteiger partial charge in [0.25, 0.3) is 5.91 Å². The second-order valence-electron chi connectivity index (χ2n) is 8.19. The first-order valence-electron chi connectivity index (χ1n) is 10.2. The molecule has 1 aliphatic carbocycles. The van der Waals surface area contributed by atoms with E-state index in [2.05, 4.69) is 25.5 Å². The predicted molar refractivity (Wildman–Crippen MR) is 108 cm³/mol. The number of halogens is 3. The number of amides is 1. The van der Waals surface area contributed by atoms with E-state index in [4.69, 9.17) is 0 Å². The summed E-state index contributed by atoms with van der Waals surface area (Å²) in [4.78, 5) is 25.0. The van der Waals surface area contributed by atoms with Gasteiger partial charge < -0.3 is 10.2 Å². The molecule has 3 aromatic rings. The summed E-state index contributed by atoms with van der Waals surface area (Å²) in [6.45, 7) is 2.46. The second kappa shape index (κ2) is 7.57. The van der Waals surface area contributed by atoms with Crippen LogP contribution in [0.25, 0.3) is 5.82 Å². The summed E-state index contributed by atoms with van der Waals surface area (Å²) in [6.07, 6.45) is 1.10. The minimum absolute atomic E-state index is 0.0867. The van der Waals surface area contributed by atoms with E-state index in [0.29, 0.717) is 29.7 Å². The summed E-state index contributed by atoms with van der Waals surface area (Å²) >= 11 is 0. The summed E-state index contributed by atoms with van der Waals surface area (Å²) in [7, 11) is 0. The Kier molecular flexibility index (Phi) is 4.83. The van der Waals surface area contributed by atoms with Crippen molar-refractivity contribution in [1.82, 2.24) is 29.9 Å². The Morgan fingerprint density at radius 2 is 1.91 bits per heavy atom. The molecule has 4 heterocycles. The normalized spacial score (nSPS) is 22.4. The zero-order valence-electron chi connectivity index (χ0n) is 17.1. The largest absolute Gasteiger partial charge is 0.417 e. The van der Waals surface area contributed by atoms with E-state index >= 15 is 0 Å². The maximum Gasteiger partial charge on any atom is 0.417 e. The SMILES string of the molecule is Cc1ccc(C(=O)N2CC3CC(Nc4ccc(C(F)(F)F)cn4)C2C3)c(-n2nccn2)n1. The molecule has 166 valence electrons. The molecule has 1 aliphatic heterocycles. The van der Waals surface area contributed by atoms with Crippen molar-refractivity contribution in [3.63, 3.8) is 0 Å². The first-order valence-corrected chi connectivity index (χ1v) is 10.2. The van der Waals surface area contributed by atoms with Crippen molar-refractivity contribution in [2.24, 2.45) is 5.92 Å². The number of aryl methyl sites for hydroxylation is 1.